The highest BCUT2D eigenvalue weighted by Crippen LogP contribution is 2.34. The lowest BCUT2D eigenvalue weighted by Crippen LogP contribution is -2.15. The molecule has 0 amide bonds. The van der Waals surface area contributed by atoms with Crippen molar-refractivity contribution in [2.75, 3.05) is 4.72 Å². The molecule has 0 saturated carbocycles. The van der Waals surface area contributed by atoms with Crippen LogP contribution in [0, 0.1) is 3.57 Å². The molecular weight excluding hydrogens is 425 g/mol. The summed E-state index contributed by atoms with van der Waals surface area (Å²) in [6, 6.07) is 9.80. The molecule has 8 heteroatoms. The summed E-state index contributed by atoms with van der Waals surface area (Å²) in [7, 11) is -7.55. The van der Waals surface area contributed by atoms with E-state index in [0.717, 1.165) is 0 Å². The standard InChI is InChI=1S/C12H8INO4S2.CH4/c13-10-2-1-3-11-12(10)14-20(17,18)9-6-4-8(5-7-9)19(11,15)16;/h1-7,14H;1H4. The largest absolute Gasteiger partial charge is 0.277 e. The summed E-state index contributed by atoms with van der Waals surface area (Å²) in [5, 5.41) is 0. The molecule has 0 saturated heterocycles. The highest BCUT2D eigenvalue weighted by molar-refractivity contribution is 14.1. The minimum Gasteiger partial charge on any atom is -0.277 e. The first-order chi connectivity index (χ1) is 9.32. The van der Waals surface area contributed by atoms with Gasteiger partial charge in [-0.05, 0) is 59.0 Å². The van der Waals surface area contributed by atoms with Gasteiger partial charge in [-0.2, -0.15) is 0 Å². The van der Waals surface area contributed by atoms with Gasteiger partial charge in [-0.1, -0.05) is 13.5 Å². The molecule has 2 aromatic carbocycles. The van der Waals surface area contributed by atoms with Crippen molar-refractivity contribution in [3.8, 4) is 0 Å². The van der Waals surface area contributed by atoms with Crippen LogP contribution in [0.4, 0.5) is 5.69 Å². The highest BCUT2D eigenvalue weighted by atomic mass is 127. The Labute approximate surface area is 137 Å². The number of fused-ring (bicyclic) bond motifs is 3. The summed E-state index contributed by atoms with van der Waals surface area (Å²) in [5.74, 6) is 0. The molecule has 1 N–H and O–H groups in total. The number of sulfonamides is 1. The van der Waals surface area contributed by atoms with Gasteiger partial charge < -0.3 is 0 Å². The van der Waals surface area contributed by atoms with Crippen LogP contribution in [0.3, 0.4) is 0 Å². The maximum atomic E-state index is 12.6. The highest BCUT2D eigenvalue weighted by Gasteiger charge is 2.28. The molecule has 0 unspecified atom stereocenters. The van der Waals surface area contributed by atoms with E-state index in [-0.39, 0.29) is 27.8 Å². The number of hydrogen-bond donors (Lipinski definition) is 1. The van der Waals surface area contributed by atoms with Crippen LogP contribution in [-0.2, 0) is 19.9 Å². The number of anilines is 1. The fourth-order valence-electron chi connectivity index (χ4n) is 1.95. The molecule has 5 nitrogen and oxygen atoms in total. The van der Waals surface area contributed by atoms with Crippen LogP contribution in [-0.4, -0.2) is 16.8 Å². The normalized spacial score (nSPS) is 17.4. The van der Waals surface area contributed by atoms with Crippen LogP contribution in [0.2, 0.25) is 0 Å². The Kier molecular flexibility index (Phi) is 4.06. The van der Waals surface area contributed by atoms with Crippen LogP contribution in [0.25, 0.3) is 0 Å². The van der Waals surface area contributed by atoms with Gasteiger partial charge in [0.1, 0.15) is 0 Å². The van der Waals surface area contributed by atoms with E-state index in [9.17, 15) is 16.8 Å². The van der Waals surface area contributed by atoms with Gasteiger partial charge in [0.15, 0.2) is 0 Å². The van der Waals surface area contributed by atoms with E-state index >= 15 is 0 Å². The molecule has 2 heterocycles. The van der Waals surface area contributed by atoms with Crippen LogP contribution in [0.5, 0.6) is 0 Å². The van der Waals surface area contributed by atoms with E-state index in [2.05, 4.69) is 4.72 Å². The first kappa shape index (κ1) is 16.2. The zero-order chi connectivity index (χ0) is 14.5. The summed E-state index contributed by atoms with van der Waals surface area (Å²) >= 11 is 1.90. The third-order valence-electron chi connectivity index (χ3n) is 2.95. The smallest absolute Gasteiger partial charge is 0.261 e. The molecular formula is C13H12INO4S2. The monoisotopic (exact) mass is 437 g/mol. The van der Waals surface area contributed by atoms with Gasteiger partial charge >= 0.3 is 0 Å². The molecule has 21 heavy (non-hydrogen) atoms. The zero-order valence-electron chi connectivity index (χ0n) is 9.87. The minimum atomic E-state index is -3.79. The number of nitrogens with one attached hydrogen (secondary N) is 1. The maximum Gasteiger partial charge on any atom is 0.261 e. The van der Waals surface area contributed by atoms with Gasteiger partial charge in [0, 0.05) is 3.57 Å². The van der Waals surface area contributed by atoms with Crippen molar-refractivity contribution in [3.63, 3.8) is 0 Å². The molecule has 112 valence electrons. The van der Waals surface area contributed by atoms with Crippen molar-refractivity contribution in [1.29, 1.82) is 0 Å². The molecule has 0 spiro atoms. The van der Waals surface area contributed by atoms with Gasteiger partial charge in [-0.25, -0.2) is 16.8 Å². The van der Waals surface area contributed by atoms with Crippen LogP contribution in [0.15, 0.2) is 57.2 Å². The van der Waals surface area contributed by atoms with E-state index < -0.39 is 19.9 Å². The van der Waals surface area contributed by atoms with Gasteiger partial charge in [-0.15, -0.1) is 0 Å². The summed E-state index contributed by atoms with van der Waals surface area (Å²) in [6.45, 7) is 0. The second kappa shape index (κ2) is 5.25. The maximum absolute atomic E-state index is 12.6. The molecule has 0 fully saturated rings. The van der Waals surface area contributed by atoms with Crippen molar-refractivity contribution in [2.45, 2.75) is 22.1 Å². The average molecular weight is 437 g/mol. The first-order valence-corrected chi connectivity index (χ1v) is 9.53. The van der Waals surface area contributed by atoms with Gasteiger partial charge in [0.2, 0.25) is 9.84 Å². The van der Waals surface area contributed by atoms with Crippen LogP contribution >= 0.6 is 22.6 Å². The predicted molar refractivity (Wildman–Crippen MR) is 88.6 cm³/mol. The second-order valence-electron chi connectivity index (χ2n) is 4.19. The summed E-state index contributed by atoms with van der Waals surface area (Å²) in [4.78, 5) is 0.0628. The van der Waals surface area contributed by atoms with E-state index in [1.54, 1.807) is 12.1 Å². The topological polar surface area (TPSA) is 80.3 Å². The van der Waals surface area contributed by atoms with Crippen LogP contribution < -0.4 is 4.72 Å². The number of benzene rings is 2. The first-order valence-electron chi connectivity index (χ1n) is 5.49. The third kappa shape index (κ3) is 2.55. The SMILES string of the molecule is C.O=S1(=O)Nc2c(I)cccc2S(=O)(=O)c2ccc1cc2. The van der Waals surface area contributed by atoms with Crippen molar-refractivity contribution in [1.82, 2.24) is 0 Å². The van der Waals surface area contributed by atoms with Crippen molar-refractivity contribution in [2.24, 2.45) is 0 Å². The summed E-state index contributed by atoms with van der Waals surface area (Å²) in [5.41, 5.74) is 0.0931. The molecule has 2 aromatic rings. The minimum absolute atomic E-state index is 0. The Morgan fingerprint density at radius 3 is 2.05 bits per heavy atom. The van der Waals surface area contributed by atoms with Gasteiger partial charge in [-0.3, -0.25) is 4.72 Å². The number of halogens is 1. The van der Waals surface area contributed by atoms with E-state index in [1.807, 2.05) is 22.6 Å². The fourth-order valence-corrected chi connectivity index (χ4v) is 5.55. The number of para-hydroxylation sites is 1. The fraction of sp³-hybridized carbons (Fsp3) is 0.0769. The molecule has 0 aromatic heterocycles. The zero-order valence-corrected chi connectivity index (χ0v) is 13.7. The molecule has 2 bridgehead atoms. The Morgan fingerprint density at radius 1 is 0.857 bits per heavy atom. The number of hydrogen-bond acceptors (Lipinski definition) is 4. The summed E-state index contributed by atoms with van der Waals surface area (Å²) in [6.07, 6.45) is 0. The second-order valence-corrected chi connectivity index (χ2v) is 8.96. The Balaban J connectivity index is 0.00000161. The number of rotatable bonds is 0. The summed E-state index contributed by atoms with van der Waals surface area (Å²) < 4.78 is 52.5. The van der Waals surface area contributed by atoms with Gasteiger partial charge in [0.25, 0.3) is 10.0 Å². The quantitative estimate of drug-likeness (QED) is 0.643. The van der Waals surface area contributed by atoms with Crippen molar-refractivity contribution in [3.05, 3.63) is 46.0 Å². The Hall–Kier alpha value is -1.13. The van der Waals surface area contributed by atoms with Crippen molar-refractivity contribution < 1.29 is 16.8 Å². The average Bonchev–Trinajstić information content (AvgIpc) is 2.44. The molecule has 0 atom stereocenters. The third-order valence-corrected chi connectivity index (χ3v) is 7.02. The number of sulfone groups is 1. The van der Waals surface area contributed by atoms with Gasteiger partial charge in [0.05, 0.1) is 20.4 Å². The van der Waals surface area contributed by atoms with E-state index in [4.69, 9.17) is 0 Å². The van der Waals surface area contributed by atoms with E-state index in [1.165, 1.54) is 30.3 Å². The molecule has 0 aliphatic carbocycles. The molecule has 0 radical (unpaired) electrons. The van der Waals surface area contributed by atoms with Crippen molar-refractivity contribution >= 4 is 48.1 Å². The lowest BCUT2D eigenvalue weighted by molar-refractivity contribution is 0.596. The van der Waals surface area contributed by atoms with E-state index in [0.29, 0.717) is 3.57 Å². The molecule has 2 aliphatic heterocycles. The molecule has 2 aliphatic rings. The molecule has 4 rings (SSSR count). The van der Waals surface area contributed by atoms with Crippen LogP contribution in [0.1, 0.15) is 7.43 Å². The Bertz CT molecular complexity index is 904. The predicted octanol–water partition coefficient (Wildman–Crippen LogP) is 2.87. The lowest BCUT2D eigenvalue weighted by atomic mass is 10.3. The Morgan fingerprint density at radius 2 is 1.43 bits per heavy atom. The lowest BCUT2D eigenvalue weighted by Gasteiger charge is -2.12.